The lowest BCUT2D eigenvalue weighted by molar-refractivity contribution is -0.122. The Labute approximate surface area is 105 Å². The number of nitrogens with two attached hydrogens (primary N) is 1. The molecule has 1 heterocycles. The van der Waals surface area contributed by atoms with Crippen LogP contribution in [0.1, 0.15) is 6.42 Å². The van der Waals surface area contributed by atoms with E-state index in [9.17, 15) is 4.79 Å². The van der Waals surface area contributed by atoms with Gasteiger partial charge in [0.05, 0.1) is 23.9 Å². The molecule has 1 aliphatic heterocycles. The van der Waals surface area contributed by atoms with Crippen molar-refractivity contribution in [2.45, 2.75) is 6.42 Å². The smallest absolute Gasteiger partial charge is 0.232 e. The summed E-state index contributed by atoms with van der Waals surface area (Å²) in [6, 6.07) is 5.11. The van der Waals surface area contributed by atoms with Crippen LogP contribution in [0.2, 0.25) is 5.02 Å². The van der Waals surface area contributed by atoms with Gasteiger partial charge in [-0.15, -0.1) is 0 Å². The van der Waals surface area contributed by atoms with Crippen molar-refractivity contribution < 1.29 is 9.53 Å². The molecule has 1 unspecified atom stereocenters. The maximum Gasteiger partial charge on any atom is 0.232 e. The number of nitrogens with zero attached hydrogens (tertiary/aromatic N) is 1. The number of carbonyl (C=O) groups excluding carboxylic acids is 1. The van der Waals surface area contributed by atoms with Crippen LogP contribution in [-0.4, -0.2) is 26.2 Å². The Bertz CT molecular complexity index is 431. The lowest BCUT2D eigenvalue weighted by atomic mass is 10.1. The number of ether oxygens (including phenoxy) is 1. The second kappa shape index (κ2) is 4.94. The van der Waals surface area contributed by atoms with Gasteiger partial charge in [-0.25, -0.2) is 0 Å². The fourth-order valence-corrected chi connectivity index (χ4v) is 2.10. The summed E-state index contributed by atoms with van der Waals surface area (Å²) in [5, 5.41) is 0.566. The standard InChI is InChI=1S/C12H15ClN2O2/c1-15(12(16)8-4-5-17-7-8)11-6-9(13)2-3-10(11)14/h2-3,6,8H,4-5,7,14H2,1H3. The number of carbonyl (C=O) groups is 1. The number of anilines is 2. The van der Waals surface area contributed by atoms with Gasteiger partial charge in [-0.05, 0) is 24.6 Å². The first-order valence-corrected chi connectivity index (χ1v) is 5.87. The minimum atomic E-state index is -0.0709. The zero-order valence-corrected chi connectivity index (χ0v) is 10.4. The Morgan fingerprint density at radius 3 is 3.00 bits per heavy atom. The molecule has 92 valence electrons. The molecule has 1 atom stereocenters. The van der Waals surface area contributed by atoms with Crippen molar-refractivity contribution in [2.24, 2.45) is 5.92 Å². The molecule has 2 rings (SSSR count). The van der Waals surface area contributed by atoms with Crippen LogP contribution in [0.3, 0.4) is 0 Å². The molecule has 17 heavy (non-hydrogen) atoms. The molecule has 0 aromatic heterocycles. The summed E-state index contributed by atoms with van der Waals surface area (Å²) in [5.74, 6) is -0.0464. The van der Waals surface area contributed by atoms with Crippen molar-refractivity contribution in [2.75, 3.05) is 30.9 Å². The van der Waals surface area contributed by atoms with Crippen LogP contribution < -0.4 is 10.6 Å². The molecule has 1 amide bonds. The van der Waals surface area contributed by atoms with E-state index in [1.54, 1.807) is 30.1 Å². The zero-order valence-electron chi connectivity index (χ0n) is 9.65. The van der Waals surface area contributed by atoms with Gasteiger partial charge < -0.3 is 15.4 Å². The second-order valence-corrected chi connectivity index (χ2v) is 4.60. The van der Waals surface area contributed by atoms with Crippen molar-refractivity contribution in [1.29, 1.82) is 0 Å². The number of hydrogen-bond donors (Lipinski definition) is 1. The van der Waals surface area contributed by atoms with Gasteiger partial charge in [0, 0.05) is 18.7 Å². The summed E-state index contributed by atoms with van der Waals surface area (Å²) in [6.45, 7) is 1.14. The number of nitrogen functional groups attached to an aromatic ring is 1. The average Bonchev–Trinajstić information content (AvgIpc) is 2.84. The van der Waals surface area contributed by atoms with Crippen LogP contribution >= 0.6 is 11.6 Å². The highest BCUT2D eigenvalue weighted by Gasteiger charge is 2.27. The molecule has 0 bridgehead atoms. The number of benzene rings is 1. The van der Waals surface area contributed by atoms with Gasteiger partial charge in [0.2, 0.25) is 5.91 Å². The van der Waals surface area contributed by atoms with Gasteiger partial charge in [0.25, 0.3) is 0 Å². The number of halogens is 1. The molecule has 2 N–H and O–H groups in total. The van der Waals surface area contributed by atoms with Crippen molar-refractivity contribution in [3.8, 4) is 0 Å². The van der Waals surface area contributed by atoms with E-state index in [0.717, 1.165) is 6.42 Å². The third kappa shape index (κ3) is 2.53. The Morgan fingerprint density at radius 2 is 2.35 bits per heavy atom. The largest absolute Gasteiger partial charge is 0.397 e. The van der Waals surface area contributed by atoms with Crippen LogP contribution in [-0.2, 0) is 9.53 Å². The van der Waals surface area contributed by atoms with Crippen molar-refractivity contribution in [3.63, 3.8) is 0 Å². The summed E-state index contributed by atoms with van der Waals surface area (Å²) in [4.78, 5) is 13.7. The topological polar surface area (TPSA) is 55.6 Å². The molecule has 1 aliphatic rings. The molecule has 0 radical (unpaired) electrons. The molecule has 4 nitrogen and oxygen atoms in total. The van der Waals surface area contributed by atoms with Gasteiger partial charge in [-0.3, -0.25) is 4.79 Å². The molecule has 1 aromatic rings. The lowest BCUT2D eigenvalue weighted by Crippen LogP contribution is -2.33. The highest BCUT2D eigenvalue weighted by atomic mass is 35.5. The van der Waals surface area contributed by atoms with E-state index in [0.29, 0.717) is 29.6 Å². The fourth-order valence-electron chi connectivity index (χ4n) is 1.93. The van der Waals surface area contributed by atoms with E-state index in [1.807, 2.05) is 0 Å². The highest BCUT2D eigenvalue weighted by Crippen LogP contribution is 2.28. The summed E-state index contributed by atoms with van der Waals surface area (Å²) >= 11 is 5.91. The summed E-state index contributed by atoms with van der Waals surface area (Å²) in [7, 11) is 1.71. The Morgan fingerprint density at radius 1 is 1.59 bits per heavy atom. The Balaban J connectivity index is 2.20. The molecule has 1 saturated heterocycles. The monoisotopic (exact) mass is 254 g/mol. The molecule has 5 heteroatoms. The fraction of sp³-hybridized carbons (Fsp3) is 0.417. The predicted molar refractivity (Wildman–Crippen MR) is 68.2 cm³/mol. The van der Waals surface area contributed by atoms with E-state index < -0.39 is 0 Å². The zero-order chi connectivity index (χ0) is 12.4. The van der Waals surface area contributed by atoms with Crippen LogP contribution in [0.15, 0.2) is 18.2 Å². The minimum absolute atomic E-state index is 0.0245. The molecule has 0 aliphatic carbocycles. The van der Waals surface area contributed by atoms with Gasteiger partial charge in [-0.2, -0.15) is 0 Å². The van der Waals surface area contributed by atoms with Gasteiger partial charge in [-0.1, -0.05) is 11.6 Å². The summed E-state index contributed by atoms with van der Waals surface area (Å²) < 4.78 is 5.21. The minimum Gasteiger partial charge on any atom is -0.397 e. The quantitative estimate of drug-likeness (QED) is 0.821. The number of amides is 1. The normalized spacial score (nSPS) is 19.3. The van der Waals surface area contributed by atoms with Crippen molar-refractivity contribution >= 4 is 28.9 Å². The number of rotatable bonds is 2. The van der Waals surface area contributed by atoms with Gasteiger partial charge >= 0.3 is 0 Å². The molecule has 0 saturated carbocycles. The van der Waals surface area contributed by atoms with E-state index in [2.05, 4.69) is 0 Å². The molecular weight excluding hydrogens is 240 g/mol. The van der Waals surface area contributed by atoms with Crippen LogP contribution in [0.5, 0.6) is 0 Å². The average molecular weight is 255 g/mol. The third-order valence-corrected chi connectivity index (χ3v) is 3.20. The molecular formula is C12H15ClN2O2. The first-order chi connectivity index (χ1) is 8.09. The van der Waals surface area contributed by atoms with E-state index >= 15 is 0 Å². The lowest BCUT2D eigenvalue weighted by Gasteiger charge is -2.22. The number of hydrogen-bond acceptors (Lipinski definition) is 3. The Hall–Kier alpha value is -1.26. The van der Waals surface area contributed by atoms with Crippen molar-refractivity contribution in [1.82, 2.24) is 0 Å². The first-order valence-electron chi connectivity index (χ1n) is 5.50. The van der Waals surface area contributed by atoms with Crippen LogP contribution in [0.25, 0.3) is 0 Å². The summed E-state index contributed by atoms with van der Waals surface area (Å²) in [6.07, 6.45) is 0.768. The summed E-state index contributed by atoms with van der Waals surface area (Å²) in [5.41, 5.74) is 7.04. The van der Waals surface area contributed by atoms with E-state index in [1.165, 1.54) is 0 Å². The third-order valence-electron chi connectivity index (χ3n) is 2.96. The van der Waals surface area contributed by atoms with Crippen LogP contribution in [0, 0.1) is 5.92 Å². The molecule has 1 aromatic carbocycles. The maximum absolute atomic E-state index is 12.2. The second-order valence-electron chi connectivity index (χ2n) is 4.16. The van der Waals surface area contributed by atoms with E-state index in [4.69, 9.17) is 22.1 Å². The SMILES string of the molecule is CN(C(=O)C1CCOC1)c1cc(Cl)ccc1N. The van der Waals surface area contributed by atoms with Crippen LogP contribution in [0.4, 0.5) is 11.4 Å². The first kappa shape index (κ1) is 12.2. The Kier molecular flexibility index (Phi) is 3.54. The maximum atomic E-state index is 12.2. The van der Waals surface area contributed by atoms with Gasteiger partial charge in [0.15, 0.2) is 0 Å². The van der Waals surface area contributed by atoms with E-state index in [-0.39, 0.29) is 11.8 Å². The van der Waals surface area contributed by atoms with Crippen molar-refractivity contribution in [3.05, 3.63) is 23.2 Å². The molecule has 1 fully saturated rings. The predicted octanol–water partition coefficient (Wildman–Crippen LogP) is 1.92. The highest BCUT2D eigenvalue weighted by molar-refractivity contribution is 6.31. The molecule has 0 spiro atoms. The van der Waals surface area contributed by atoms with Gasteiger partial charge in [0.1, 0.15) is 0 Å².